The molecule has 9 nitrogen and oxygen atoms in total. The molecule has 1 fully saturated rings. The Labute approximate surface area is 217 Å². The number of nitrogens with zero attached hydrogens (tertiary/aromatic N) is 5. The van der Waals surface area contributed by atoms with Gasteiger partial charge in [0, 0.05) is 25.5 Å². The van der Waals surface area contributed by atoms with Crippen LogP contribution in [-0.2, 0) is 18.4 Å². The van der Waals surface area contributed by atoms with Crippen LogP contribution in [0.4, 0.5) is 9.59 Å². The van der Waals surface area contributed by atoms with Crippen molar-refractivity contribution in [2.24, 2.45) is 0 Å². The number of rotatable bonds is 9. The molecule has 1 saturated heterocycles. The van der Waals surface area contributed by atoms with Crippen LogP contribution in [-0.4, -0.2) is 68.4 Å². The van der Waals surface area contributed by atoms with Crippen molar-refractivity contribution >= 4 is 12.1 Å². The first kappa shape index (κ1) is 26.1. The molecule has 0 bridgehead atoms. The summed E-state index contributed by atoms with van der Waals surface area (Å²) < 4.78 is 7.04. The summed E-state index contributed by atoms with van der Waals surface area (Å²) in [5.74, 6) is 0.777. The minimum atomic E-state index is -1.16. The van der Waals surface area contributed by atoms with E-state index in [1.165, 1.54) is 10.6 Å². The number of carbonyl (C=O) groups is 2. The maximum absolute atomic E-state index is 13.7. The van der Waals surface area contributed by atoms with Gasteiger partial charge in [0.05, 0.1) is 32.6 Å². The van der Waals surface area contributed by atoms with E-state index in [1.807, 2.05) is 24.3 Å². The molecule has 3 amide bonds. The minimum absolute atomic E-state index is 0.0115. The van der Waals surface area contributed by atoms with Gasteiger partial charge >= 0.3 is 12.1 Å². The van der Waals surface area contributed by atoms with Gasteiger partial charge in [-0.15, -0.1) is 0 Å². The first-order chi connectivity index (χ1) is 17.7. The quantitative estimate of drug-likeness (QED) is 0.451. The summed E-state index contributed by atoms with van der Waals surface area (Å²) in [4.78, 5) is 31.7. The predicted molar refractivity (Wildman–Crippen MR) is 140 cm³/mol. The number of benzene rings is 2. The van der Waals surface area contributed by atoms with E-state index in [0.29, 0.717) is 19.5 Å². The van der Waals surface area contributed by atoms with Gasteiger partial charge in [-0.25, -0.2) is 24.6 Å². The lowest BCUT2D eigenvalue weighted by Crippen LogP contribution is -2.49. The van der Waals surface area contributed by atoms with E-state index in [0.717, 1.165) is 21.9 Å². The summed E-state index contributed by atoms with van der Waals surface area (Å²) in [7, 11) is 1.63. The van der Waals surface area contributed by atoms with Gasteiger partial charge in [-0.05, 0) is 40.7 Å². The van der Waals surface area contributed by atoms with E-state index in [2.05, 4.69) is 50.0 Å². The zero-order valence-electron chi connectivity index (χ0n) is 21.9. The van der Waals surface area contributed by atoms with Crippen LogP contribution >= 0.6 is 0 Å². The number of ether oxygens (including phenoxy) is 1. The van der Waals surface area contributed by atoms with Crippen molar-refractivity contribution in [2.75, 3.05) is 26.7 Å². The first-order valence-corrected chi connectivity index (χ1v) is 12.4. The number of imidazole rings is 1. The molecule has 1 aliphatic rings. The van der Waals surface area contributed by atoms with Crippen molar-refractivity contribution in [3.63, 3.8) is 0 Å². The largest absolute Gasteiger partial charge is 0.497 e. The Balaban J connectivity index is 1.58. The second-order valence-corrected chi connectivity index (χ2v) is 10.3. The number of carboxylic acid groups (broad SMARTS) is 1. The molecule has 1 aliphatic heterocycles. The Morgan fingerprint density at radius 3 is 2.38 bits per heavy atom. The average molecular weight is 506 g/mol. The minimum Gasteiger partial charge on any atom is -0.497 e. The first-order valence-electron chi connectivity index (χ1n) is 12.4. The molecule has 0 aliphatic carbocycles. The SMILES string of the molecule is COc1ccc(CCN2C(=O)N(N(CCn3ccnc3)C(=O)O)CC2c2ccc(C(C)(C)C)cc2)cc1. The number of carbonyl (C=O) groups excluding carboxylic acids is 1. The monoisotopic (exact) mass is 505 g/mol. The molecule has 4 rings (SSSR count). The van der Waals surface area contributed by atoms with Crippen LogP contribution in [0.3, 0.4) is 0 Å². The zero-order chi connectivity index (χ0) is 26.6. The van der Waals surface area contributed by atoms with Crippen molar-refractivity contribution in [3.8, 4) is 5.75 Å². The number of amides is 3. The highest BCUT2D eigenvalue weighted by Gasteiger charge is 2.42. The van der Waals surface area contributed by atoms with E-state index in [4.69, 9.17) is 4.74 Å². The molecule has 2 aromatic carbocycles. The lowest BCUT2D eigenvalue weighted by molar-refractivity contribution is 0.0296. The topological polar surface area (TPSA) is 91.1 Å². The normalized spacial score (nSPS) is 15.8. The van der Waals surface area contributed by atoms with Gasteiger partial charge in [0.2, 0.25) is 0 Å². The third kappa shape index (κ3) is 6.04. The molecule has 1 atom stereocenters. The highest BCUT2D eigenvalue weighted by atomic mass is 16.5. The molecule has 0 radical (unpaired) electrons. The number of hydrogen-bond acceptors (Lipinski definition) is 4. The Kier molecular flexibility index (Phi) is 7.71. The summed E-state index contributed by atoms with van der Waals surface area (Å²) in [6.07, 6.45) is 4.53. The molecular weight excluding hydrogens is 470 g/mol. The van der Waals surface area contributed by atoms with E-state index in [-0.39, 0.29) is 30.6 Å². The van der Waals surface area contributed by atoms with Crippen molar-refractivity contribution in [1.82, 2.24) is 24.5 Å². The fourth-order valence-electron chi connectivity index (χ4n) is 4.56. The molecule has 0 saturated carbocycles. The predicted octanol–water partition coefficient (Wildman–Crippen LogP) is 4.81. The van der Waals surface area contributed by atoms with E-state index in [1.54, 1.807) is 35.3 Å². The van der Waals surface area contributed by atoms with Crippen LogP contribution in [0.15, 0.2) is 67.3 Å². The molecule has 1 N–H and O–H groups in total. The molecule has 9 heteroatoms. The summed E-state index contributed by atoms with van der Waals surface area (Å²) in [6, 6.07) is 15.5. The molecule has 3 aromatic rings. The maximum Gasteiger partial charge on any atom is 0.426 e. The van der Waals surface area contributed by atoms with E-state index in [9.17, 15) is 14.7 Å². The smallest absolute Gasteiger partial charge is 0.426 e. The van der Waals surface area contributed by atoms with Gasteiger partial charge in [-0.2, -0.15) is 0 Å². The van der Waals surface area contributed by atoms with Crippen LogP contribution in [0.25, 0.3) is 0 Å². The third-order valence-electron chi connectivity index (χ3n) is 6.79. The third-order valence-corrected chi connectivity index (χ3v) is 6.79. The van der Waals surface area contributed by atoms with E-state index >= 15 is 0 Å². The van der Waals surface area contributed by atoms with Crippen LogP contribution in [0.5, 0.6) is 5.75 Å². The molecule has 1 unspecified atom stereocenters. The molecule has 1 aromatic heterocycles. The van der Waals surface area contributed by atoms with Gasteiger partial charge < -0.3 is 19.3 Å². The second kappa shape index (κ2) is 10.9. The molecule has 196 valence electrons. The standard InChI is InChI=1S/C28H35N5O4/c1-28(2,3)23-9-7-22(8-10-23)25-19-33(32(27(35)36)18-17-30-16-14-29-20-30)26(34)31(25)15-13-21-5-11-24(37-4)12-6-21/h5-12,14,16,20,25H,13,15,17-19H2,1-4H3,(H,35,36). The van der Waals surface area contributed by atoms with Gasteiger partial charge in [0.25, 0.3) is 0 Å². The molecule has 37 heavy (non-hydrogen) atoms. The maximum atomic E-state index is 13.7. The van der Waals surface area contributed by atoms with Crippen LogP contribution < -0.4 is 4.74 Å². The number of urea groups is 1. The number of methoxy groups -OCH3 is 1. The Morgan fingerprint density at radius 1 is 1.11 bits per heavy atom. The van der Waals surface area contributed by atoms with Gasteiger partial charge in [-0.1, -0.05) is 57.2 Å². The zero-order valence-corrected chi connectivity index (χ0v) is 21.9. The average Bonchev–Trinajstić information content (AvgIpc) is 3.51. The van der Waals surface area contributed by atoms with Crippen LogP contribution in [0.2, 0.25) is 0 Å². The highest BCUT2D eigenvalue weighted by Crippen LogP contribution is 2.33. The molecule has 2 heterocycles. The Morgan fingerprint density at radius 2 is 1.81 bits per heavy atom. The Bertz CT molecular complexity index is 1190. The van der Waals surface area contributed by atoms with Crippen molar-refractivity contribution < 1.29 is 19.4 Å². The van der Waals surface area contributed by atoms with Gasteiger partial charge in [-0.3, -0.25) is 0 Å². The Hall–Kier alpha value is -4.01. The summed E-state index contributed by atoms with van der Waals surface area (Å²) >= 11 is 0. The number of hydrazine groups is 1. The molecule has 0 spiro atoms. The van der Waals surface area contributed by atoms with E-state index < -0.39 is 6.09 Å². The second-order valence-electron chi connectivity index (χ2n) is 10.3. The van der Waals surface area contributed by atoms with Gasteiger partial charge in [0.15, 0.2) is 0 Å². The lowest BCUT2D eigenvalue weighted by atomic mass is 9.86. The summed E-state index contributed by atoms with van der Waals surface area (Å²) in [5, 5.41) is 12.5. The summed E-state index contributed by atoms with van der Waals surface area (Å²) in [6.45, 7) is 7.74. The van der Waals surface area contributed by atoms with Crippen molar-refractivity contribution in [3.05, 3.63) is 83.9 Å². The van der Waals surface area contributed by atoms with Crippen molar-refractivity contribution in [1.29, 1.82) is 0 Å². The molecular formula is C28H35N5O4. The fourth-order valence-corrected chi connectivity index (χ4v) is 4.56. The van der Waals surface area contributed by atoms with Crippen LogP contribution in [0, 0.1) is 0 Å². The lowest BCUT2D eigenvalue weighted by Gasteiger charge is -2.29. The fraction of sp³-hybridized carbons (Fsp3) is 0.393. The van der Waals surface area contributed by atoms with Gasteiger partial charge in [0.1, 0.15) is 5.75 Å². The van der Waals surface area contributed by atoms with Crippen molar-refractivity contribution in [2.45, 2.75) is 45.2 Å². The highest BCUT2D eigenvalue weighted by molar-refractivity contribution is 5.80. The van der Waals surface area contributed by atoms with Crippen LogP contribution in [0.1, 0.15) is 43.5 Å². The number of aromatic nitrogens is 2. The summed E-state index contributed by atoms with van der Waals surface area (Å²) in [5.41, 5.74) is 3.27. The number of hydrogen-bond donors (Lipinski definition) is 1.